The summed E-state index contributed by atoms with van der Waals surface area (Å²) in [7, 11) is 2.15. The van der Waals surface area contributed by atoms with E-state index in [4.69, 9.17) is 4.52 Å². The van der Waals surface area contributed by atoms with E-state index in [0.29, 0.717) is 0 Å². The number of hydrogen-bond donors (Lipinski definition) is 0. The number of likely N-dealkylation sites (N-methyl/N-ethyl adjacent to an activating group) is 1. The summed E-state index contributed by atoms with van der Waals surface area (Å²) in [6, 6.07) is 27.5. The highest BCUT2D eigenvalue weighted by molar-refractivity contribution is 5.95. The number of anilines is 1. The van der Waals surface area contributed by atoms with E-state index in [-0.39, 0.29) is 0 Å². The number of fused-ring (bicyclic) bond motifs is 1. The standard InChI is InChI=1S/C27H30N4O/c1-29(14-15-30-16-18-31(19-17-30)23-10-3-2-4-11-23)21-24-20-27(28-32-24)26-13-7-9-22-8-5-6-12-25(22)26/h2-13,20H,14-19,21H2,1H3. The number of aromatic nitrogens is 1. The van der Waals surface area contributed by atoms with Gasteiger partial charge in [-0.3, -0.25) is 9.80 Å². The highest BCUT2D eigenvalue weighted by atomic mass is 16.5. The van der Waals surface area contributed by atoms with Crippen molar-refractivity contribution in [2.45, 2.75) is 6.54 Å². The number of nitrogens with zero attached hydrogens (tertiary/aromatic N) is 4. The molecule has 0 radical (unpaired) electrons. The maximum atomic E-state index is 5.68. The first-order chi connectivity index (χ1) is 15.8. The molecule has 0 aliphatic carbocycles. The van der Waals surface area contributed by atoms with Crippen LogP contribution in [0.15, 0.2) is 83.4 Å². The summed E-state index contributed by atoms with van der Waals surface area (Å²) in [6.45, 7) is 7.24. The second kappa shape index (κ2) is 9.55. The molecule has 5 nitrogen and oxygen atoms in total. The first-order valence-electron chi connectivity index (χ1n) is 11.4. The Kier molecular flexibility index (Phi) is 6.19. The molecule has 1 aliphatic heterocycles. The highest BCUT2D eigenvalue weighted by Gasteiger charge is 2.18. The molecular formula is C27H30N4O. The summed E-state index contributed by atoms with van der Waals surface area (Å²) < 4.78 is 5.68. The Morgan fingerprint density at radius 2 is 1.62 bits per heavy atom. The van der Waals surface area contributed by atoms with Crippen molar-refractivity contribution in [3.8, 4) is 11.3 Å². The normalized spacial score (nSPS) is 15.0. The third-order valence-corrected chi connectivity index (χ3v) is 6.34. The van der Waals surface area contributed by atoms with Crippen LogP contribution in [-0.4, -0.2) is 61.3 Å². The fourth-order valence-corrected chi connectivity index (χ4v) is 4.49. The average molecular weight is 427 g/mol. The summed E-state index contributed by atoms with van der Waals surface area (Å²) in [6.07, 6.45) is 0. The quantitative estimate of drug-likeness (QED) is 0.426. The van der Waals surface area contributed by atoms with Crippen molar-refractivity contribution in [1.82, 2.24) is 15.0 Å². The fraction of sp³-hybridized carbons (Fsp3) is 0.296. The smallest absolute Gasteiger partial charge is 0.151 e. The van der Waals surface area contributed by atoms with Crippen LogP contribution in [0.1, 0.15) is 5.76 Å². The molecule has 3 aromatic carbocycles. The molecule has 1 aliphatic rings. The molecule has 1 saturated heterocycles. The number of piperazine rings is 1. The molecule has 164 valence electrons. The summed E-state index contributed by atoms with van der Waals surface area (Å²) in [5.74, 6) is 0.907. The Morgan fingerprint density at radius 3 is 2.47 bits per heavy atom. The fourth-order valence-electron chi connectivity index (χ4n) is 4.49. The minimum Gasteiger partial charge on any atom is -0.369 e. The van der Waals surface area contributed by atoms with E-state index in [1.807, 2.05) is 0 Å². The Balaban J connectivity index is 1.13. The van der Waals surface area contributed by atoms with Crippen molar-refractivity contribution < 1.29 is 4.52 Å². The molecule has 5 rings (SSSR count). The maximum Gasteiger partial charge on any atom is 0.151 e. The van der Waals surface area contributed by atoms with Gasteiger partial charge in [-0.25, -0.2) is 0 Å². The maximum absolute atomic E-state index is 5.68. The van der Waals surface area contributed by atoms with Crippen molar-refractivity contribution in [2.24, 2.45) is 0 Å². The monoisotopic (exact) mass is 426 g/mol. The lowest BCUT2D eigenvalue weighted by Gasteiger charge is -2.36. The second-order valence-electron chi connectivity index (χ2n) is 8.61. The van der Waals surface area contributed by atoms with Crippen LogP contribution in [0.4, 0.5) is 5.69 Å². The molecule has 4 aromatic rings. The predicted octanol–water partition coefficient (Wildman–Crippen LogP) is 4.75. The van der Waals surface area contributed by atoms with Gasteiger partial charge in [0.2, 0.25) is 0 Å². The summed E-state index contributed by atoms with van der Waals surface area (Å²) in [5, 5.41) is 6.79. The van der Waals surface area contributed by atoms with Gasteiger partial charge in [-0.2, -0.15) is 0 Å². The zero-order valence-corrected chi connectivity index (χ0v) is 18.7. The van der Waals surface area contributed by atoms with Gasteiger partial charge < -0.3 is 9.42 Å². The predicted molar refractivity (Wildman–Crippen MR) is 131 cm³/mol. The van der Waals surface area contributed by atoms with E-state index in [0.717, 1.165) is 62.8 Å². The lowest BCUT2D eigenvalue weighted by Crippen LogP contribution is -2.48. The summed E-state index contributed by atoms with van der Waals surface area (Å²) >= 11 is 0. The van der Waals surface area contributed by atoms with Crippen LogP contribution >= 0.6 is 0 Å². The number of para-hydroxylation sites is 1. The Bertz CT molecular complexity index is 1140. The van der Waals surface area contributed by atoms with Crippen molar-refractivity contribution >= 4 is 16.5 Å². The van der Waals surface area contributed by atoms with E-state index in [1.54, 1.807) is 0 Å². The third kappa shape index (κ3) is 4.69. The van der Waals surface area contributed by atoms with Gasteiger partial charge in [0.05, 0.1) is 6.54 Å². The molecule has 0 amide bonds. The van der Waals surface area contributed by atoms with Gasteiger partial charge in [-0.05, 0) is 30.0 Å². The van der Waals surface area contributed by atoms with E-state index in [9.17, 15) is 0 Å². The molecule has 0 spiro atoms. The topological polar surface area (TPSA) is 35.8 Å². The van der Waals surface area contributed by atoms with E-state index in [2.05, 4.69) is 106 Å². The van der Waals surface area contributed by atoms with Gasteiger partial charge in [0, 0.05) is 56.6 Å². The van der Waals surface area contributed by atoms with Crippen LogP contribution < -0.4 is 4.90 Å². The van der Waals surface area contributed by atoms with Crippen LogP contribution in [0, 0.1) is 0 Å². The number of rotatable bonds is 7. The van der Waals surface area contributed by atoms with Gasteiger partial charge in [-0.1, -0.05) is 65.8 Å². The Labute approximate surface area is 189 Å². The Hall–Kier alpha value is -3.15. The van der Waals surface area contributed by atoms with Gasteiger partial charge in [0.25, 0.3) is 0 Å². The molecular weight excluding hydrogens is 396 g/mol. The van der Waals surface area contributed by atoms with Crippen LogP contribution in [0.5, 0.6) is 0 Å². The first kappa shape index (κ1) is 20.7. The van der Waals surface area contributed by atoms with Crippen LogP contribution in [0.25, 0.3) is 22.0 Å². The van der Waals surface area contributed by atoms with Crippen molar-refractivity contribution in [3.05, 3.63) is 84.6 Å². The molecule has 0 N–H and O–H groups in total. The SMILES string of the molecule is CN(CCN1CCN(c2ccccc2)CC1)Cc1cc(-c2cccc3ccccc23)no1. The van der Waals surface area contributed by atoms with Crippen LogP contribution in [0.3, 0.4) is 0 Å². The molecule has 0 bridgehead atoms. The molecule has 1 fully saturated rings. The minimum absolute atomic E-state index is 0.766. The van der Waals surface area contributed by atoms with Gasteiger partial charge >= 0.3 is 0 Å². The second-order valence-corrected chi connectivity index (χ2v) is 8.61. The Morgan fingerprint density at radius 1 is 0.875 bits per heavy atom. The largest absolute Gasteiger partial charge is 0.369 e. The van der Waals surface area contributed by atoms with Crippen molar-refractivity contribution in [3.63, 3.8) is 0 Å². The lowest BCUT2D eigenvalue weighted by atomic mass is 10.0. The van der Waals surface area contributed by atoms with Crippen molar-refractivity contribution in [1.29, 1.82) is 0 Å². The molecule has 5 heteroatoms. The molecule has 1 aromatic heterocycles. The molecule has 32 heavy (non-hydrogen) atoms. The molecule has 0 saturated carbocycles. The number of hydrogen-bond acceptors (Lipinski definition) is 5. The first-order valence-corrected chi connectivity index (χ1v) is 11.4. The van der Waals surface area contributed by atoms with E-state index in [1.165, 1.54) is 16.5 Å². The molecule has 0 unspecified atom stereocenters. The van der Waals surface area contributed by atoms with Crippen LogP contribution in [-0.2, 0) is 6.54 Å². The summed E-state index contributed by atoms with van der Waals surface area (Å²) in [4.78, 5) is 7.35. The molecule has 2 heterocycles. The minimum atomic E-state index is 0.766. The molecule has 0 atom stereocenters. The highest BCUT2D eigenvalue weighted by Crippen LogP contribution is 2.28. The van der Waals surface area contributed by atoms with Gasteiger partial charge in [0.15, 0.2) is 5.76 Å². The zero-order chi connectivity index (χ0) is 21.8. The number of benzene rings is 3. The zero-order valence-electron chi connectivity index (χ0n) is 18.7. The van der Waals surface area contributed by atoms with Crippen molar-refractivity contribution in [2.75, 3.05) is 51.2 Å². The van der Waals surface area contributed by atoms with Gasteiger partial charge in [-0.15, -0.1) is 0 Å². The van der Waals surface area contributed by atoms with E-state index < -0.39 is 0 Å². The van der Waals surface area contributed by atoms with E-state index >= 15 is 0 Å². The summed E-state index contributed by atoms with van der Waals surface area (Å²) in [5.41, 5.74) is 3.36. The van der Waals surface area contributed by atoms with Crippen LogP contribution in [0.2, 0.25) is 0 Å². The lowest BCUT2D eigenvalue weighted by molar-refractivity contribution is 0.202. The third-order valence-electron chi connectivity index (χ3n) is 6.34. The van der Waals surface area contributed by atoms with Gasteiger partial charge in [0.1, 0.15) is 5.69 Å². The average Bonchev–Trinajstić information content (AvgIpc) is 3.31.